The van der Waals surface area contributed by atoms with Gasteiger partial charge in [0.15, 0.2) is 5.65 Å². The van der Waals surface area contributed by atoms with Crippen molar-refractivity contribution in [2.45, 2.75) is 6.92 Å². The molecule has 0 aliphatic rings. The molecule has 2 aromatic rings. The Hall–Kier alpha value is -1.58. The topological polar surface area (TPSA) is 51.6 Å². The number of rotatable bonds is 0. The first-order valence-corrected chi connectivity index (χ1v) is 3.26. The van der Waals surface area contributed by atoms with Gasteiger partial charge in [-0.05, 0) is 13.0 Å². The van der Waals surface area contributed by atoms with E-state index in [0.29, 0.717) is 5.65 Å². The molecule has 0 amide bonds. The lowest BCUT2D eigenvalue weighted by Crippen LogP contribution is -1.90. The zero-order valence-electron chi connectivity index (χ0n) is 6.02. The van der Waals surface area contributed by atoms with Crippen molar-refractivity contribution in [1.82, 2.24) is 20.2 Å². The number of fused-ring (bicyclic) bond motifs is 1. The normalized spacial score (nSPS) is 10.3. The molecular formula is C7H6N4. The van der Waals surface area contributed by atoms with Crippen LogP contribution in [0.15, 0.2) is 18.6 Å². The second kappa shape index (κ2) is 2.23. The Balaban J connectivity index is 2.83. The minimum Gasteiger partial charge on any atom is -0.244 e. The van der Waals surface area contributed by atoms with Crippen LogP contribution in [0.1, 0.15) is 5.69 Å². The van der Waals surface area contributed by atoms with E-state index < -0.39 is 0 Å². The van der Waals surface area contributed by atoms with Gasteiger partial charge in [0.1, 0.15) is 6.33 Å². The maximum atomic E-state index is 3.94. The molecule has 2 aromatic heterocycles. The molecule has 0 aliphatic heterocycles. The van der Waals surface area contributed by atoms with Crippen molar-refractivity contribution in [1.29, 1.82) is 0 Å². The van der Waals surface area contributed by atoms with Crippen molar-refractivity contribution < 1.29 is 0 Å². The summed E-state index contributed by atoms with van der Waals surface area (Å²) in [4.78, 5) is 7.81. The summed E-state index contributed by atoms with van der Waals surface area (Å²) in [6, 6.07) is 1.91. The van der Waals surface area contributed by atoms with Gasteiger partial charge in [-0.2, -0.15) is 5.10 Å². The van der Waals surface area contributed by atoms with Gasteiger partial charge in [0.25, 0.3) is 0 Å². The summed E-state index contributed by atoms with van der Waals surface area (Å²) >= 11 is 0. The van der Waals surface area contributed by atoms with E-state index in [0.717, 1.165) is 11.1 Å². The quantitative estimate of drug-likeness (QED) is 0.549. The molecule has 2 rings (SSSR count). The third kappa shape index (κ3) is 1.02. The predicted octanol–water partition coefficient (Wildman–Crippen LogP) is 0.728. The first kappa shape index (κ1) is 6.15. The summed E-state index contributed by atoms with van der Waals surface area (Å²) in [6.45, 7) is 1.89. The highest BCUT2D eigenvalue weighted by Crippen LogP contribution is 2.04. The third-order valence-electron chi connectivity index (χ3n) is 1.39. The smallest absolute Gasteiger partial charge is 0.184 e. The molecule has 0 saturated carbocycles. The summed E-state index contributed by atoms with van der Waals surface area (Å²) in [7, 11) is 0. The Bertz CT molecular complexity index is 385. The second-order valence-corrected chi connectivity index (χ2v) is 2.29. The van der Waals surface area contributed by atoms with Gasteiger partial charge >= 0.3 is 0 Å². The highest BCUT2D eigenvalue weighted by Gasteiger charge is 1.94. The fourth-order valence-corrected chi connectivity index (χ4v) is 0.899. The van der Waals surface area contributed by atoms with Crippen molar-refractivity contribution in [3.05, 3.63) is 24.3 Å². The highest BCUT2D eigenvalue weighted by atomic mass is 15.1. The standard InChI is InChI=1S/C7H6N4/c1-5-2-6-3-8-4-9-7(6)11-10-5/h2-4H,1H3. The molecule has 0 fully saturated rings. The zero-order chi connectivity index (χ0) is 7.68. The minimum absolute atomic E-state index is 0.644. The fourth-order valence-electron chi connectivity index (χ4n) is 0.899. The molecule has 4 heteroatoms. The van der Waals surface area contributed by atoms with Gasteiger partial charge in [-0.15, -0.1) is 5.10 Å². The average molecular weight is 146 g/mol. The van der Waals surface area contributed by atoms with Crippen LogP contribution in [0, 0.1) is 6.92 Å². The molecule has 0 spiro atoms. The van der Waals surface area contributed by atoms with Crippen molar-refractivity contribution in [3.63, 3.8) is 0 Å². The monoisotopic (exact) mass is 146 g/mol. The lowest BCUT2D eigenvalue weighted by Gasteiger charge is -1.93. The van der Waals surface area contributed by atoms with E-state index in [-0.39, 0.29) is 0 Å². The van der Waals surface area contributed by atoms with Crippen molar-refractivity contribution in [3.8, 4) is 0 Å². The van der Waals surface area contributed by atoms with Crippen LogP contribution in [0.25, 0.3) is 11.0 Å². The first-order valence-electron chi connectivity index (χ1n) is 3.26. The maximum Gasteiger partial charge on any atom is 0.184 e. The Morgan fingerprint density at radius 2 is 2.18 bits per heavy atom. The number of aromatic nitrogens is 4. The predicted molar refractivity (Wildman–Crippen MR) is 39.9 cm³/mol. The molecule has 0 N–H and O–H groups in total. The SMILES string of the molecule is Cc1cc2cncnc2nn1. The van der Waals surface area contributed by atoms with E-state index in [1.54, 1.807) is 6.20 Å². The molecule has 0 saturated heterocycles. The van der Waals surface area contributed by atoms with Crippen LogP contribution in [-0.2, 0) is 0 Å². The van der Waals surface area contributed by atoms with Crippen LogP contribution in [0.4, 0.5) is 0 Å². The number of hydrogen-bond donors (Lipinski definition) is 0. The molecule has 0 atom stereocenters. The molecule has 4 nitrogen and oxygen atoms in total. The van der Waals surface area contributed by atoms with E-state index in [1.807, 2.05) is 13.0 Å². The summed E-state index contributed by atoms with van der Waals surface area (Å²) in [6.07, 6.45) is 3.19. The Kier molecular flexibility index (Phi) is 1.25. The number of aryl methyl sites for hydroxylation is 1. The summed E-state index contributed by atoms with van der Waals surface area (Å²) in [5.41, 5.74) is 1.53. The average Bonchev–Trinajstić information content (AvgIpc) is 2.04. The molecule has 0 unspecified atom stereocenters. The largest absolute Gasteiger partial charge is 0.244 e. The molecule has 2 heterocycles. The van der Waals surface area contributed by atoms with Crippen LogP contribution < -0.4 is 0 Å². The zero-order valence-corrected chi connectivity index (χ0v) is 6.02. The van der Waals surface area contributed by atoms with Crippen molar-refractivity contribution in [2.24, 2.45) is 0 Å². The van der Waals surface area contributed by atoms with Crippen LogP contribution in [0.3, 0.4) is 0 Å². The van der Waals surface area contributed by atoms with E-state index in [1.165, 1.54) is 6.33 Å². The molecule has 11 heavy (non-hydrogen) atoms. The lowest BCUT2D eigenvalue weighted by molar-refractivity contribution is 0.992. The lowest BCUT2D eigenvalue weighted by atomic mass is 10.3. The molecular weight excluding hydrogens is 140 g/mol. The van der Waals surface area contributed by atoms with Crippen LogP contribution in [0.5, 0.6) is 0 Å². The fraction of sp³-hybridized carbons (Fsp3) is 0.143. The van der Waals surface area contributed by atoms with Gasteiger partial charge in [0.05, 0.1) is 5.69 Å². The summed E-state index contributed by atoms with van der Waals surface area (Å²) in [5.74, 6) is 0. The van der Waals surface area contributed by atoms with Gasteiger partial charge < -0.3 is 0 Å². The maximum absolute atomic E-state index is 3.94. The van der Waals surface area contributed by atoms with Gasteiger partial charge in [0, 0.05) is 11.6 Å². The molecule has 0 radical (unpaired) electrons. The van der Waals surface area contributed by atoms with E-state index in [9.17, 15) is 0 Å². The van der Waals surface area contributed by atoms with E-state index >= 15 is 0 Å². The molecule has 0 aromatic carbocycles. The summed E-state index contributed by atoms with van der Waals surface area (Å²) in [5, 5.41) is 8.68. The Morgan fingerprint density at radius 1 is 1.27 bits per heavy atom. The third-order valence-corrected chi connectivity index (χ3v) is 1.39. The van der Waals surface area contributed by atoms with E-state index in [2.05, 4.69) is 20.2 Å². The van der Waals surface area contributed by atoms with Crippen LogP contribution >= 0.6 is 0 Å². The van der Waals surface area contributed by atoms with Gasteiger partial charge in [0.2, 0.25) is 0 Å². The minimum atomic E-state index is 0.644. The van der Waals surface area contributed by atoms with E-state index in [4.69, 9.17) is 0 Å². The molecule has 0 aliphatic carbocycles. The number of nitrogens with zero attached hydrogens (tertiary/aromatic N) is 4. The Labute approximate surface area is 63.3 Å². The Morgan fingerprint density at radius 3 is 3.09 bits per heavy atom. The van der Waals surface area contributed by atoms with Crippen molar-refractivity contribution >= 4 is 11.0 Å². The second-order valence-electron chi connectivity index (χ2n) is 2.29. The van der Waals surface area contributed by atoms with Crippen LogP contribution in [0.2, 0.25) is 0 Å². The highest BCUT2D eigenvalue weighted by molar-refractivity contribution is 5.72. The van der Waals surface area contributed by atoms with Gasteiger partial charge in [-0.1, -0.05) is 0 Å². The van der Waals surface area contributed by atoms with Gasteiger partial charge in [-0.3, -0.25) is 0 Å². The van der Waals surface area contributed by atoms with Gasteiger partial charge in [-0.25, -0.2) is 9.97 Å². The first-order chi connectivity index (χ1) is 5.36. The molecule has 0 bridgehead atoms. The summed E-state index contributed by atoms with van der Waals surface area (Å²) < 4.78 is 0. The van der Waals surface area contributed by atoms with Crippen molar-refractivity contribution in [2.75, 3.05) is 0 Å². The molecule has 54 valence electrons. The van der Waals surface area contributed by atoms with Crippen LogP contribution in [-0.4, -0.2) is 20.2 Å². The number of hydrogen-bond acceptors (Lipinski definition) is 4.